The van der Waals surface area contributed by atoms with Gasteiger partial charge in [-0.25, -0.2) is 4.79 Å². The van der Waals surface area contributed by atoms with Gasteiger partial charge in [0.1, 0.15) is 18.5 Å². The second-order valence-corrected chi connectivity index (χ2v) is 7.42. The van der Waals surface area contributed by atoms with Crippen molar-refractivity contribution in [2.45, 2.75) is 64.0 Å². The predicted molar refractivity (Wildman–Crippen MR) is 108 cm³/mol. The van der Waals surface area contributed by atoms with Crippen LogP contribution < -0.4 is 20.7 Å². The average molecular weight is 392 g/mol. The first-order valence-corrected chi connectivity index (χ1v) is 10.2. The maximum atomic E-state index is 11.8. The molecule has 0 aliphatic heterocycles. The van der Waals surface area contributed by atoms with Crippen molar-refractivity contribution in [3.8, 4) is 5.75 Å². The van der Waals surface area contributed by atoms with Gasteiger partial charge in [0.05, 0.1) is 0 Å². The first-order valence-electron chi connectivity index (χ1n) is 10.2. The van der Waals surface area contributed by atoms with Gasteiger partial charge in [-0.2, -0.15) is 0 Å². The van der Waals surface area contributed by atoms with Crippen molar-refractivity contribution in [1.29, 1.82) is 0 Å². The first-order chi connectivity index (χ1) is 13.5. The van der Waals surface area contributed by atoms with Crippen LogP contribution in [0.25, 0.3) is 0 Å². The molecule has 0 aromatic heterocycles. The molecule has 1 saturated carbocycles. The van der Waals surface area contributed by atoms with Crippen LogP contribution >= 0.6 is 0 Å². The van der Waals surface area contributed by atoms with E-state index < -0.39 is 6.10 Å². The van der Waals surface area contributed by atoms with Gasteiger partial charge in [-0.3, -0.25) is 4.79 Å². The van der Waals surface area contributed by atoms with E-state index >= 15 is 0 Å². The van der Waals surface area contributed by atoms with Crippen LogP contribution in [0.2, 0.25) is 0 Å². The summed E-state index contributed by atoms with van der Waals surface area (Å²) in [6.45, 7) is 2.68. The molecule has 7 nitrogen and oxygen atoms in total. The van der Waals surface area contributed by atoms with E-state index in [0.717, 1.165) is 18.4 Å². The molecule has 1 aliphatic carbocycles. The highest BCUT2D eigenvalue weighted by atomic mass is 16.5. The van der Waals surface area contributed by atoms with Crippen molar-refractivity contribution in [2.24, 2.45) is 0 Å². The van der Waals surface area contributed by atoms with Gasteiger partial charge in [0.25, 0.3) is 0 Å². The second kappa shape index (κ2) is 12.2. The molecule has 1 unspecified atom stereocenters. The quantitative estimate of drug-likeness (QED) is 0.460. The van der Waals surface area contributed by atoms with E-state index in [-0.39, 0.29) is 31.1 Å². The van der Waals surface area contributed by atoms with Gasteiger partial charge in [0, 0.05) is 25.6 Å². The summed E-state index contributed by atoms with van der Waals surface area (Å²) in [5.41, 5.74) is 1.08. The summed E-state index contributed by atoms with van der Waals surface area (Å²) in [7, 11) is 0. The standard InChI is InChI=1S/C21H33N3O4/c1-16-7-5-10-19(13-16)28-15-18(25)14-23-20(26)11-6-12-22-21(27)24-17-8-3-2-4-9-17/h5,7,10,13,17-18,25H,2-4,6,8-9,11-12,14-15H2,1H3,(H,23,26)(H2,22,24,27). The Hall–Kier alpha value is -2.28. The fraction of sp³-hybridized carbons (Fsp3) is 0.619. The Morgan fingerprint density at radius 1 is 1.21 bits per heavy atom. The highest BCUT2D eigenvalue weighted by Crippen LogP contribution is 2.17. The zero-order valence-corrected chi connectivity index (χ0v) is 16.7. The maximum absolute atomic E-state index is 11.8. The Morgan fingerprint density at radius 3 is 2.75 bits per heavy atom. The zero-order valence-electron chi connectivity index (χ0n) is 16.7. The van der Waals surface area contributed by atoms with Crippen molar-refractivity contribution in [1.82, 2.24) is 16.0 Å². The Bertz CT molecular complexity index is 617. The SMILES string of the molecule is Cc1cccc(OCC(O)CNC(=O)CCCNC(=O)NC2CCCCC2)c1. The van der Waals surface area contributed by atoms with Crippen molar-refractivity contribution in [2.75, 3.05) is 19.7 Å². The largest absolute Gasteiger partial charge is 0.491 e. The maximum Gasteiger partial charge on any atom is 0.315 e. The molecule has 1 aromatic carbocycles. The Kier molecular flexibility index (Phi) is 9.62. The number of aliphatic hydroxyl groups is 1. The Morgan fingerprint density at radius 2 is 2.00 bits per heavy atom. The van der Waals surface area contributed by atoms with Gasteiger partial charge >= 0.3 is 6.03 Å². The molecule has 156 valence electrons. The molecule has 1 aliphatic rings. The van der Waals surface area contributed by atoms with Crippen molar-refractivity contribution < 1.29 is 19.4 Å². The minimum absolute atomic E-state index is 0.118. The van der Waals surface area contributed by atoms with Gasteiger partial charge in [0.15, 0.2) is 0 Å². The smallest absolute Gasteiger partial charge is 0.315 e. The highest BCUT2D eigenvalue weighted by molar-refractivity contribution is 5.76. The summed E-state index contributed by atoms with van der Waals surface area (Å²) >= 11 is 0. The van der Waals surface area contributed by atoms with E-state index in [2.05, 4.69) is 16.0 Å². The van der Waals surface area contributed by atoms with E-state index in [1.54, 1.807) is 0 Å². The lowest BCUT2D eigenvalue weighted by molar-refractivity contribution is -0.121. The second-order valence-electron chi connectivity index (χ2n) is 7.42. The first kappa shape index (κ1) is 22.0. The molecule has 0 heterocycles. The van der Waals surface area contributed by atoms with Gasteiger partial charge in [0.2, 0.25) is 5.91 Å². The third-order valence-corrected chi connectivity index (χ3v) is 4.77. The molecule has 1 fully saturated rings. The summed E-state index contributed by atoms with van der Waals surface area (Å²) in [4.78, 5) is 23.6. The van der Waals surface area contributed by atoms with Crippen LogP contribution in [0, 0.1) is 6.92 Å². The lowest BCUT2D eigenvalue weighted by Gasteiger charge is -2.22. The minimum Gasteiger partial charge on any atom is -0.491 e. The van der Waals surface area contributed by atoms with Crippen molar-refractivity contribution in [3.63, 3.8) is 0 Å². The number of benzene rings is 1. The number of ether oxygens (including phenoxy) is 1. The van der Waals surface area contributed by atoms with Gasteiger partial charge in [-0.15, -0.1) is 0 Å². The predicted octanol–water partition coefficient (Wildman–Crippen LogP) is 2.26. The third kappa shape index (κ3) is 9.08. The molecule has 3 amide bonds. The van der Waals surface area contributed by atoms with Crippen LogP contribution in [0.3, 0.4) is 0 Å². The third-order valence-electron chi connectivity index (χ3n) is 4.77. The normalized spacial score (nSPS) is 15.5. The molecule has 0 spiro atoms. The monoisotopic (exact) mass is 391 g/mol. The summed E-state index contributed by atoms with van der Waals surface area (Å²) in [5.74, 6) is 0.548. The molecule has 0 saturated heterocycles. The summed E-state index contributed by atoms with van der Waals surface area (Å²) in [6.07, 6.45) is 5.78. The Balaban J connectivity index is 1.49. The van der Waals surface area contributed by atoms with E-state index in [9.17, 15) is 14.7 Å². The average Bonchev–Trinajstić information content (AvgIpc) is 2.69. The van der Waals surface area contributed by atoms with Crippen LogP contribution in [0.1, 0.15) is 50.5 Å². The van der Waals surface area contributed by atoms with Crippen LogP contribution in [0.5, 0.6) is 5.75 Å². The fourth-order valence-electron chi connectivity index (χ4n) is 3.21. The van der Waals surface area contributed by atoms with Crippen LogP contribution in [0.15, 0.2) is 24.3 Å². The van der Waals surface area contributed by atoms with E-state index in [1.165, 1.54) is 19.3 Å². The zero-order chi connectivity index (χ0) is 20.2. The number of amides is 3. The van der Waals surface area contributed by atoms with E-state index in [1.807, 2.05) is 31.2 Å². The van der Waals surface area contributed by atoms with Crippen LogP contribution in [-0.4, -0.2) is 48.9 Å². The summed E-state index contributed by atoms with van der Waals surface area (Å²) in [5, 5.41) is 18.4. The highest BCUT2D eigenvalue weighted by Gasteiger charge is 2.15. The lowest BCUT2D eigenvalue weighted by Crippen LogP contribution is -2.43. The molecule has 4 N–H and O–H groups in total. The molecule has 1 aromatic rings. The topological polar surface area (TPSA) is 99.7 Å². The van der Waals surface area contributed by atoms with Crippen molar-refractivity contribution >= 4 is 11.9 Å². The van der Waals surface area contributed by atoms with E-state index in [0.29, 0.717) is 25.1 Å². The van der Waals surface area contributed by atoms with Crippen LogP contribution in [-0.2, 0) is 4.79 Å². The molecular weight excluding hydrogens is 358 g/mol. The molecule has 0 bridgehead atoms. The minimum atomic E-state index is -0.774. The lowest BCUT2D eigenvalue weighted by atomic mass is 9.96. The van der Waals surface area contributed by atoms with Crippen molar-refractivity contribution in [3.05, 3.63) is 29.8 Å². The number of aryl methyl sites for hydroxylation is 1. The molecular formula is C21H33N3O4. The number of aliphatic hydroxyl groups excluding tert-OH is 1. The summed E-state index contributed by atoms with van der Waals surface area (Å²) in [6, 6.07) is 7.70. The number of hydrogen-bond acceptors (Lipinski definition) is 4. The van der Waals surface area contributed by atoms with Gasteiger partial charge in [-0.1, -0.05) is 31.4 Å². The molecule has 1 atom stereocenters. The number of carbonyl (C=O) groups is 2. The molecule has 2 rings (SSSR count). The number of nitrogens with one attached hydrogen (secondary N) is 3. The van der Waals surface area contributed by atoms with Gasteiger partial charge < -0.3 is 25.8 Å². The molecule has 28 heavy (non-hydrogen) atoms. The number of carbonyl (C=O) groups excluding carboxylic acids is 2. The number of hydrogen-bond donors (Lipinski definition) is 4. The number of rotatable bonds is 10. The Labute approximate surface area is 167 Å². The molecule has 7 heteroatoms. The van der Waals surface area contributed by atoms with Gasteiger partial charge in [-0.05, 0) is 43.9 Å². The fourth-order valence-corrected chi connectivity index (χ4v) is 3.21. The summed E-state index contributed by atoms with van der Waals surface area (Å²) < 4.78 is 5.51. The van der Waals surface area contributed by atoms with Crippen LogP contribution in [0.4, 0.5) is 4.79 Å². The number of urea groups is 1. The van der Waals surface area contributed by atoms with E-state index in [4.69, 9.17) is 4.74 Å². The molecule has 0 radical (unpaired) electrons.